The predicted octanol–water partition coefficient (Wildman–Crippen LogP) is 5.18. The summed E-state index contributed by atoms with van der Waals surface area (Å²) in [5, 5.41) is 7.75. The molecule has 0 aliphatic heterocycles. The zero-order valence-corrected chi connectivity index (χ0v) is 15.4. The molecule has 0 bridgehead atoms. The molecule has 0 aliphatic carbocycles. The predicted molar refractivity (Wildman–Crippen MR) is 99.4 cm³/mol. The van der Waals surface area contributed by atoms with Gasteiger partial charge in [0.25, 0.3) is 0 Å². The minimum Gasteiger partial charge on any atom is -0.303 e. The number of aryl methyl sites for hydroxylation is 2. The van der Waals surface area contributed by atoms with E-state index in [-0.39, 0.29) is 11.6 Å². The first-order valence-electron chi connectivity index (χ1n) is 8.70. The van der Waals surface area contributed by atoms with Crippen LogP contribution in [0, 0.1) is 25.5 Å². The van der Waals surface area contributed by atoms with Gasteiger partial charge in [0, 0.05) is 23.3 Å². The van der Waals surface area contributed by atoms with Gasteiger partial charge in [0.15, 0.2) is 0 Å². The van der Waals surface area contributed by atoms with Gasteiger partial charge in [-0.2, -0.15) is 5.10 Å². The zero-order valence-electron chi connectivity index (χ0n) is 15.4. The summed E-state index contributed by atoms with van der Waals surface area (Å²) in [4.78, 5) is 0. The molecule has 0 saturated carbocycles. The second-order valence-electron chi connectivity index (χ2n) is 6.68. The lowest BCUT2D eigenvalue weighted by Crippen LogP contribution is -2.24. The van der Waals surface area contributed by atoms with Crippen molar-refractivity contribution in [2.75, 3.05) is 0 Å². The number of halogens is 2. The van der Waals surface area contributed by atoms with Crippen LogP contribution >= 0.6 is 0 Å². The van der Waals surface area contributed by atoms with Crippen LogP contribution in [0.5, 0.6) is 0 Å². The largest absolute Gasteiger partial charge is 0.303 e. The summed E-state index contributed by atoms with van der Waals surface area (Å²) < 4.78 is 29.8. The molecule has 3 rings (SSSR count). The lowest BCUT2D eigenvalue weighted by Gasteiger charge is -2.22. The summed E-state index contributed by atoms with van der Waals surface area (Å²) in [7, 11) is 0. The highest BCUT2D eigenvalue weighted by atomic mass is 19.1. The molecule has 0 spiro atoms. The van der Waals surface area contributed by atoms with Crippen LogP contribution in [0.15, 0.2) is 48.5 Å². The van der Waals surface area contributed by atoms with Crippen molar-refractivity contribution in [1.29, 1.82) is 0 Å². The molecule has 26 heavy (non-hydrogen) atoms. The number of nitrogens with zero attached hydrogens (tertiary/aromatic N) is 2. The number of nitrogens with one attached hydrogen (secondary N) is 1. The highest BCUT2D eigenvalue weighted by Crippen LogP contribution is 2.24. The van der Waals surface area contributed by atoms with E-state index in [1.165, 1.54) is 18.2 Å². The number of hydrogen-bond donors (Lipinski definition) is 1. The van der Waals surface area contributed by atoms with Crippen molar-refractivity contribution >= 4 is 0 Å². The van der Waals surface area contributed by atoms with Crippen molar-refractivity contribution in [3.8, 4) is 5.69 Å². The van der Waals surface area contributed by atoms with Crippen LogP contribution in [0.2, 0.25) is 0 Å². The number of hydrogen-bond acceptors (Lipinski definition) is 2. The standard InChI is InChI=1S/C21H23F2N3/c1-13-12-14(2)26(25-13)18-10-8-17(9-11-18)15(3)24-16(4)21-19(22)6-5-7-20(21)23/h5-12,15-16,24H,1-4H3/t15-,16+/m1/s1. The molecule has 0 amide bonds. The third-order valence-corrected chi connectivity index (χ3v) is 4.58. The summed E-state index contributed by atoms with van der Waals surface area (Å²) in [6.45, 7) is 7.73. The summed E-state index contributed by atoms with van der Waals surface area (Å²) in [6.07, 6.45) is 0. The quantitative estimate of drug-likeness (QED) is 0.683. The van der Waals surface area contributed by atoms with E-state index in [9.17, 15) is 8.78 Å². The first-order valence-corrected chi connectivity index (χ1v) is 8.70. The van der Waals surface area contributed by atoms with Crippen molar-refractivity contribution in [3.63, 3.8) is 0 Å². The van der Waals surface area contributed by atoms with Gasteiger partial charge in [-0.3, -0.25) is 0 Å². The molecular weight excluding hydrogens is 332 g/mol. The lowest BCUT2D eigenvalue weighted by atomic mass is 10.0. The molecule has 0 radical (unpaired) electrons. The normalized spacial score (nSPS) is 13.6. The van der Waals surface area contributed by atoms with E-state index in [0.29, 0.717) is 0 Å². The Labute approximate surface area is 152 Å². The third kappa shape index (κ3) is 3.68. The molecule has 5 heteroatoms. The van der Waals surface area contributed by atoms with Gasteiger partial charge in [0.05, 0.1) is 11.4 Å². The summed E-state index contributed by atoms with van der Waals surface area (Å²) >= 11 is 0. The zero-order chi connectivity index (χ0) is 18.8. The fourth-order valence-electron chi connectivity index (χ4n) is 3.27. The van der Waals surface area contributed by atoms with Gasteiger partial charge in [-0.05, 0) is 63.6 Å². The Hall–Kier alpha value is -2.53. The van der Waals surface area contributed by atoms with Crippen molar-refractivity contribution in [1.82, 2.24) is 15.1 Å². The van der Waals surface area contributed by atoms with Crippen LogP contribution < -0.4 is 5.32 Å². The first kappa shape index (κ1) is 18.3. The Morgan fingerprint density at radius 3 is 2.08 bits per heavy atom. The van der Waals surface area contributed by atoms with Gasteiger partial charge in [0.1, 0.15) is 11.6 Å². The van der Waals surface area contributed by atoms with E-state index in [4.69, 9.17) is 0 Å². The monoisotopic (exact) mass is 355 g/mol. The Morgan fingerprint density at radius 1 is 0.923 bits per heavy atom. The van der Waals surface area contributed by atoms with Gasteiger partial charge >= 0.3 is 0 Å². The van der Waals surface area contributed by atoms with Crippen LogP contribution in [-0.2, 0) is 0 Å². The molecule has 136 valence electrons. The van der Waals surface area contributed by atoms with Crippen LogP contribution in [0.1, 0.15) is 48.4 Å². The van der Waals surface area contributed by atoms with Crippen molar-refractivity contribution in [2.45, 2.75) is 39.8 Å². The van der Waals surface area contributed by atoms with Crippen LogP contribution in [-0.4, -0.2) is 9.78 Å². The molecule has 2 atom stereocenters. The van der Waals surface area contributed by atoms with E-state index < -0.39 is 17.7 Å². The van der Waals surface area contributed by atoms with Crippen LogP contribution in [0.4, 0.5) is 8.78 Å². The number of aromatic nitrogens is 2. The van der Waals surface area contributed by atoms with Gasteiger partial charge in [-0.1, -0.05) is 18.2 Å². The van der Waals surface area contributed by atoms with Gasteiger partial charge < -0.3 is 5.32 Å². The molecule has 0 fully saturated rings. The van der Waals surface area contributed by atoms with Crippen molar-refractivity contribution in [2.24, 2.45) is 0 Å². The Balaban J connectivity index is 1.76. The van der Waals surface area contributed by atoms with E-state index in [1.54, 1.807) is 6.92 Å². The molecular formula is C21H23F2N3. The van der Waals surface area contributed by atoms with Crippen LogP contribution in [0.3, 0.4) is 0 Å². The average Bonchev–Trinajstić information content (AvgIpc) is 2.93. The second-order valence-corrected chi connectivity index (χ2v) is 6.68. The van der Waals surface area contributed by atoms with Gasteiger partial charge in [0.2, 0.25) is 0 Å². The average molecular weight is 355 g/mol. The number of benzene rings is 2. The molecule has 1 aromatic heterocycles. The molecule has 0 aliphatic rings. The summed E-state index contributed by atoms with van der Waals surface area (Å²) in [5.41, 5.74) is 4.14. The minimum atomic E-state index is -0.530. The van der Waals surface area contributed by atoms with E-state index in [1.807, 2.05) is 55.8 Å². The highest BCUT2D eigenvalue weighted by Gasteiger charge is 2.18. The maximum atomic E-state index is 13.9. The summed E-state index contributed by atoms with van der Waals surface area (Å²) in [5.74, 6) is -1.06. The topological polar surface area (TPSA) is 29.9 Å². The molecule has 1 heterocycles. The molecule has 3 aromatic rings. The molecule has 0 saturated heterocycles. The third-order valence-electron chi connectivity index (χ3n) is 4.58. The Morgan fingerprint density at radius 2 is 1.54 bits per heavy atom. The molecule has 2 aromatic carbocycles. The van der Waals surface area contributed by atoms with E-state index in [2.05, 4.69) is 10.4 Å². The van der Waals surface area contributed by atoms with E-state index >= 15 is 0 Å². The van der Waals surface area contributed by atoms with Crippen molar-refractivity contribution < 1.29 is 8.78 Å². The number of rotatable bonds is 5. The first-order chi connectivity index (χ1) is 12.4. The lowest BCUT2D eigenvalue weighted by molar-refractivity contribution is 0.450. The van der Waals surface area contributed by atoms with E-state index in [0.717, 1.165) is 22.6 Å². The smallest absolute Gasteiger partial charge is 0.130 e. The SMILES string of the molecule is Cc1cc(C)n(-c2ccc([C@@H](C)N[C@@H](C)c3c(F)cccc3F)cc2)n1. The maximum Gasteiger partial charge on any atom is 0.130 e. The summed E-state index contributed by atoms with van der Waals surface area (Å²) in [6, 6.07) is 13.5. The fourth-order valence-corrected chi connectivity index (χ4v) is 3.27. The van der Waals surface area contributed by atoms with Crippen molar-refractivity contribution in [3.05, 3.63) is 82.7 Å². The van der Waals surface area contributed by atoms with Crippen LogP contribution in [0.25, 0.3) is 5.69 Å². The minimum absolute atomic E-state index is 0.0569. The van der Waals surface area contributed by atoms with Gasteiger partial charge in [-0.25, -0.2) is 13.5 Å². The fraction of sp³-hybridized carbons (Fsp3) is 0.286. The second kappa shape index (κ2) is 7.38. The Bertz CT molecular complexity index is 880. The molecule has 0 unspecified atom stereocenters. The maximum absolute atomic E-state index is 13.9. The van der Waals surface area contributed by atoms with Gasteiger partial charge in [-0.15, -0.1) is 0 Å². The highest BCUT2D eigenvalue weighted by molar-refractivity contribution is 5.37. The molecule has 1 N–H and O–H groups in total. The molecule has 3 nitrogen and oxygen atoms in total. The Kier molecular flexibility index (Phi) is 5.18.